The number of hydrogen-bond donors (Lipinski definition) is 2. The molecule has 2 aromatic carbocycles. The first-order valence-corrected chi connectivity index (χ1v) is 11.1. The van der Waals surface area contributed by atoms with Crippen molar-refractivity contribution < 1.29 is 13.2 Å². The second kappa shape index (κ2) is 8.50. The number of rotatable bonds is 6. The molecule has 0 unspecified atom stereocenters. The van der Waals surface area contributed by atoms with Crippen LogP contribution in [0, 0.1) is 0 Å². The Balaban J connectivity index is 1.43. The van der Waals surface area contributed by atoms with Gasteiger partial charge in [0.1, 0.15) is 10.6 Å². The molecule has 1 aliphatic rings. The van der Waals surface area contributed by atoms with Crippen molar-refractivity contribution in [2.24, 2.45) is 10.2 Å². The first kappa shape index (κ1) is 19.8. The van der Waals surface area contributed by atoms with Crippen LogP contribution >= 0.6 is 0 Å². The van der Waals surface area contributed by atoms with Gasteiger partial charge in [-0.15, -0.1) is 0 Å². The van der Waals surface area contributed by atoms with E-state index in [0.717, 1.165) is 18.5 Å². The van der Waals surface area contributed by atoms with Crippen LogP contribution in [0.25, 0.3) is 0 Å². The largest absolute Gasteiger partial charge is 0.356 e. The fourth-order valence-corrected chi connectivity index (χ4v) is 4.22. The van der Waals surface area contributed by atoms with Gasteiger partial charge in [0.25, 0.3) is 15.9 Å². The molecule has 9 heteroatoms. The van der Waals surface area contributed by atoms with E-state index in [9.17, 15) is 13.2 Å². The van der Waals surface area contributed by atoms with Crippen molar-refractivity contribution in [1.29, 1.82) is 0 Å². The molecule has 1 aliphatic heterocycles. The van der Waals surface area contributed by atoms with Crippen molar-refractivity contribution in [1.82, 2.24) is 9.88 Å². The lowest BCUT2D eigenvalue weighted by Gasteiger charge is -2.13. The number of amides is 1. The fourth-order valence-electron chi connectivity index (χ4n) is 3.16. The summed E-state index contributed by atoms with van der Waals surface area (Å²) in [6.45, 7) is 1.40. The molecule has 154 valence electrons. The Morgan fingerprint density at radius 1 is 0.933 bits per heavy atom. The van der Waals surface area contributed by atoms with Gasteiger partial charge in [0.15, 0.2) is 0 Å². The van der Waals surface area contributed by atoms with E-state index in [1.165, 1.54) is 12.3 Å². The number of sulfonamides is 1. The maximum absolute atomic E-state index is 12.7. The van der Waals surface area contributed by atoms with E-state index in [4.69, 9.17) is 0 Å². The van der Waals surface area contributed by atoms with E-state index in [2.05, 4.69) is 19.9 Å². The Morgan fingerprint density at radius 3 is 2.23 bits per heavy atom. The molecule has 0 spiro atoms. The summed E-state index contributed by atoms with van der Waals surface area (Å²) >= 11 is 0. The van der Waals surface area contributed by atoms with E-state index in [0.29, 0.717) is 24.5 Å². The summed E-state index contributed by atoms with van der Waals surface area (Å²) in [6.07, 6.45) is 3.27. The smallest absolute Gasteiger partial charge is 0.270 e. The van der Waals surface area contributed by atoms with Crippen LogP contribution in [-0.2, 0) is 10.0 Å². The molecule has 1 saturated heterocycles. The average Bonchev–Trinajstić information content (AvgIpc) is 3.46. The molecule has 0 aliphatic carbocycles. The van der Waals surface area contributed by atoms with Gasteiger partial charge in [-0.25, -0.2) is 8.42 Å². The maximum atomic E-state index is 12.7. The summed E-state index contributed by atoms with van der Waals surface area (Å²) in [5.74, 6) is -0.179. The van der Waals surface area contributed by atoms with Gasteiger partial charge >= 0.3 is 0 Å². The Hall–Kier alpha value is -3.46. The molecule has 2 heterocycles. The topological polar surface area (TPSA) is 107 Å². The molecular weight excluding hydrogens is 402 g/mol. The standard InChI is InChI=1S/C21H21N5O3S/c27-21(26-12-4-5-13-26)20-14-19(15-22-20)30(28,29)25-18-10-8-17(9-11-18)24-23-16-6-2-1-3-7-16/h1-3,6-11,14-15,22,25H,4-5,12-13H2. The van der Waals surface area contributed by atoms with Gasteiger partial charge in [-0.1, -0.05) is 18.2 Å². The van der Waals surface area contributed by atoms with Crippen LogP contribution in [0.3, 0.4) is 0 Å². The van der Waals surface area contributed by atoms with Gasteiger partial charge in [0, 0.05) is 25.0 Å². The summed E-state index contributed by atoms with van der Waals surface area (Å²) in [7, 11) is -3.82. The lowest BCUT2D eigenvalue weighted by atomic mass is 10.3. The van der Waals surface area contributed by atoms with E-state index < -0.39 is 10.0 Å². The van der Waals surface area contributed by atoms with Gasteiger partial charge in [0.2, 0.25) is 0 Å². The number of likely N-dealkylation sites (tertiary alicyclic amines) is 1. The molecule has 0 radical (unpaired) electrons. The van der Waals surface area contributed by atoms with Crippen molar-refractivity contribution >= 4 is 33.0 Å². The molecule has 1 amide bonds. The van der Waals surface area contributed by atoms with Gasteiger partial charge in [-0.05, 0) is 55.3 Å². The molecule has 3 aromatic rings. The quantitative estimate of drug-likeness (QED) is 0.571. The first-order chi connectivity index (χ1) is 14.5. The minimum absolute atomic E-state index is 0.0119. The fraction of sp³-hybridized carbons (Fsp3) is 0.190. The van der Waals surface area contributed by atoms with E-state index in [1.54, 1.807) is 29.2 Å². The summed E-state index contributed by atoms with van der Waals surface area (Å²) in [5, 5.41) is 8.26. The highest BCUT2D eigenvalue weighted by atomic mass is 32.2. The average molecular weight is 423 g/mol. The molecule has 1 aromatic heterocycles. The summed E-state index contributed by atoms with van der Waals surface area (Å²) in [6, 6.07) is 17.3. The van der Waals surface area contributed by atoms with Gasteiger partial charge in [-0.2, -0.15) is 10.2 Å². The number of aromatic amines is 1. The minimum Gasteiger partial charge on any atom is -0.356 e. The highest BCUT2D eigenvalue weighted by molar-refractivity contribution is 7.92. The lowest BCUT2D eigenvalue weighted by Crippen LogP contribution is -2.27. The molecule has 2 N–H and O–H groups in total. The van der Waals surface area contributed by atoms with E-state index >= 15 is 0 Å². The van der Waals surface area contributed by atoms with Crippen molar-refractivity contribution in [2.45, 2.75) is 17.7 Å². The molecular formula is C21H21N5O3S. The third-order valence-electron chi connectivity index (χ3n) is 4.75. The van der Waals surface area contributed by atoms with Crippen molar-refractivity contribution in [3.05, 3.63) is 72.6 Å². The third kappa shape index (κ3) is 4.57. The zero-order chi connectivity index (χ0) is 21.0. The van der Waals surface area contributed by atoms with Crippen LogP contribution in [0.2, 0.25) is 0 Å². The van der Waals surface area contributed by atoms with Crippen molar-refractivity contribution in [2.75, 3.05) is 17.8 Å². The SMILES string of the molecule is O=C(c1cc(S(=O)(=O)Nc2ccc(N=Nc3ccccc3)cc2)c[nH]1)N1CCCC1. The molecule has 4 rings (SSSR count). The predicted molar refractivity (Wildman–Crippen MR) is 114 cm³/mol. The molecule has 0 saturated carbocycles. The number of anilines is 1. The van der Waals surface area contributed by atoms with Crippen molar-refractivity contribution in [3.63, 3.8) is 0 Å². The second-order valence-electron chi connectivity index (χ2n) is 6.94. The summed E-state index contributed by atoms with van der Waals surface area (Å²) in [5.41, 5.74) is 1.99. The number of benzene rings is 2. The van der Waals surface area contributed by atoms with Crippen molar-refractivity contribution in [3.8, 4) is 0 Å². The molecule has 1 fully saturated rings. The molecule has 0 atom stereocenters. The number of nitrogens with zero attached hydrogens (tertiary/aromatic N) is 3. The van der Waals surface area contributed by atoms with Gasteiger partial charge in [-0.3, -0.25) is 9.52 Å². The predicted octanol–water partition coefficient (Wildman–Crippen LogP) is 4.47. The molecule has 0 bridgehead atoms. The number of aromatic nitrogens is 1. The minimum atomic E-state index is -3.82. The zero-order valence-electron chi connectivity index (χ0n) is 16.2. The van der Waals surface area contributed by atoms with Crippen LogP contribution in [0.1, 0.15) is 23.3 Å². The van der Waals surface area contributed by atoms with Crippen LogP contribution < -0.4 is 4.72 Å². The highest BCUT2D eigenvalue weighted by Crippen LogP contribution is 2.23. The highest BCUT2D eigenvalue weighted by Gasteiger charge is 2.23. The third-order valence-corrected chi connectivity index (χ3v) is 6.11. The summed E-state index contributed by atoms with van der Waals surface area (Å²) in [4.78, 5) is 16.9. The number of carbonyl (C=O) groups is 1. The van der Waals surface area contributed by atoms with Gasteiger partial charge < -0.3 is 9.88 Å². The Labute approximate surface area is 174 Å². The van der Waals surface area contributed by atoms with Crippen LogP contribution in [-0.4, -0.2) is 37.3 Å². The summed E-state index contributed by atoms with van der Waals surface area (Å²) < 4.78 is 27.8. The lowest BCUT2D eigenvalue weighted by molar-refractivity contribution is 0.0787. The molecule has 30 heavy (non-hydrogen) atoms. The number of H-pyrrole nitrogens is 1. The number of carbonyl (C=O) groups excluding carboxylic acids is 1. The number of azo groups is 1. The van der Waals surface area contributed by atoms with Crippen LogP contribution in [0.4, 0.5) is 17.1 Å². The maximum Gasteiger partial charge on any atom is 0.270 e. The normalized spacial score (nSPS) is 14.3. The molecule has 8 nitrogen and oxygen atoms in total. The van der Waals surface area contributed by atoms with Gasteiger partial charge in [0.05, 0.1) is 11.4 Å². The first-order valence-electron chi connectivity index (χ1n) is 9.59. The Bertz CT molecular complexity index is 1150. The Morgan fingerprint density at radius 2 is 1.57 bits per heavy atom. The van der Waals surface area contributed by atoms with Crippen LogP contribution in [0.15, 0.2) is 82.0 Å². The zero-order valence-corrected chi connectivity index (χ0v) is 17.0. The number of nitrogens with one attached hydrogen (secondary N) is 2. The Kier molecular flexibility index (Phi) is 5.62. The number of hydrogen-bond acceptors (Lipinski definition) is 5. The van der Waals surface area contributed by atoms with E-state index in [1.807, 2.05) is 30.3 Å². The van der Waals surface area contributed by atoms with Crippen LogP contribution in [0.5, 0.6) is 0 Å². The second-order valence-corrected chi connectivity index (χ2v) is 8.62. The van der Waals surface area contributed by atoms with E-state index in [-0.39, 0.29) is 16.5 Å². The monoisotopic (exact) mass is 423 g/mol.